The summed E-state index contributed by atoms with van der Waals surface area (Å²) in [5, 5.41) is 2.88. The van der Waals surface area contributed by atoms with Crippen molar-refractivity contribution in [3.63, 3.8) is 0 Å². The number of hydrogen-bond acceptors (Lipinski definition) is 4. The molecule has 0 radical (unpaired) electrons. The molecule has 0 aromatic heterocycles. The van der Waals surface area contributed by atoms with E-state index in [1.54, 1.807) is 13.0 Å². The maximum atomic E-state index is 12.6. The van der Waals surface area contributed by atoms with E-state index < -0.39 is 6.10 Å². The molecule has 0 bridgehead atoms. The number of amides is 1. The molecule has 5 nitrogen and oxygen atoms in total. The number of benzene rings is 3. The third kappa shape index (κ3) is 6.76. The summed E-state index contributed by atoms with van der Waals surface area (Å²) in [5.41, 5.74) is 2.59. The molecule has 0 spiro atoms. The minimum Gasteiger partial charge on any atom is -0.490 e. The van der Waals surface area contributed by atoms with Crippen LogP contribution in [0.1, 0.15) is 18.1 Å². The third-order valence-electron chi connectivity index (χ3n) is 4.55. The Labute approximate surface area is 191 Å². The lowest BCUT2D eigenvalue weighted by Gasteiger charge is -2.18. The second-order valence-electron chi connectivity index (χ2n) is 7.16. The van der Waals surface area contributed by atoms with Gasteiger partial charge in [-0.05, 0) is 68.3 Å². The standard InChI is InChI=1S/C25H26BrNO4/c1-17-14-20(26)15-18(2)24(17)31-19(3)25(28)27-21-8-7-11-23(16-21)30-13-12-29-22-9-5-4-6-10-22/h4-11,14-16,19H,12-13H2,1-3H3,(H,27,28). The molecule has 1 atom stereocenters. The number of halogens is 1. The molecule has 1 amide bonds. The zero-order valence-electron chi connectivity index (χ0n) is 17.9. The fourth-order valence-corrected chi connectivity index (χ4v) is 3.74. The Hall–Kier alpha value is -2.99. The lowest BCUT2D eigenvalue weighted by molar-refractivity contribution is -0.122. The molecule has 0 aliphatic heterocycles. The molecular formula is C25H26BrNO4. The summed E-state index contributed by atoms with van der Waals surface area (Å²) in [5.74, 6) is 1.95. The van der Waals surface area contributed by atoms with Crippen LogP contribution in [0.4, 0.5) is 5.69 Å². The Morgan fingerprint density at radius 1 is 0.903 bits per heavy atom. The van der Waals surface area contributed by atoms with Crippen molar-refractivity contribution in [3.8, 4) is 17.2 Å². The first kappa shape index (κ1) is 22.7. The van der Waals surface area contributed by atoms with Crippen molar-refractivity contribution in [3.05, 3.63) is 82.3 Å². The van der Waals surface area contributed by atoms with Crippen molar-refractivity contribution >= 4 is 27.5 Å². The Bertz CT molecular complexity index is 1000. The maximum Gasteiger partial charge on any atom is 0.265 e. The van der Waals surface area contributed by atoms with Gasteiger partial charge < -0.3 is 19.5 Å². The van der Waals surface area contributed by atoms with Crippen molar-refractivity contribution in [2.45, 2.75) is 26.9 Å². The smallest absolute Gasteiger partial charge is 0.265 e. The van der Waals surface area contributed by atoms with E-state index in [9.17, 15) is 4.79 Å². The Balaban J connectivity index is 1.52. The molecule has 0 saturated heterocycles. The van der Waals surface area contributed by atoms with Gasteiger partial charge in [0, 0.05) is 16.2 Å². The summed E-state index contributed by atoms with van der Waals surface area (Å²) in [6.45, 7) is 6.48. The van der Waals surface area contributed by atoms with Gasteiger partial charge in [0.1, 0.15) is 30.5 Å². The van der Waals surface area contributed by atoms with Gasteiger partial charge in [-0.1, -0.05) is 40.2 Å². The van der Waals surface area contributed by atoms with E-state index in [0.29, 0.717) is 24.7 Å². The molecule has 3 aromatic rings. The van der Waals surface area contributed by atoms with Gasteiger partial charge in [-0.3, -0.25) is 4.79 Å². The zero-order valence-corrected chi connectivity index (χ0v) is 19.4. The lowest BCUT2D eigenvalue weighted by Crippen LogP contribution is -2.30. The maximum absolute atomic E-state index is 12.6. The number of carbonyl (C=O) groups excluding carboxylic acids is 1. The van der Waals surface area contributed by atoms with E-state index in [1.807, 2.05) is 74.5 Å². The number of ether oxygens (including phenoxy) is 3. The SMILES string of the molecule is Cc1cc(Br)cc(C)c1OC(C)C(=O)Nc1cccc(OCCOc2ccccc2)c1. The van der Waals surface area contributed by atoms with E-state index >= 15 is 0 Å². The van der Waals surface area contributed by atoms with E-state index in [-0.39, 0.29) is 5.91 Å². The van der Waals surface area contributed by atoms with Gasteiger partial charge in [-0.15, -0.1) is 0 Å². The minimum absolute atomic E-state index is 0.230. The molecular weight excluding hydrogens is 458 g/mol. The topological polar surface area (TPSA) is 56.8 Å². The number of anilines is 1. The summed E-state index contributed by atoms with van der Waals surface area (Å²) >= 11 is 3.47. The predicted molar refractivity (Wildman–Crippen MR) is 126 cm³/mol. The third-order valence-corrected chi connectivity index (χ3v) is 5.01. The molecule has 0 aliphatic rings. The first-order valence-corrected chi connectivity index (χ1v) is 10.9. The van der Waals surface area contributed by atoms with Crippen LogP contribution >= 0.6 is 15.9 Å². The molecule has 0 heterocycles. The molecule has 0 saturated carbocycles. The molecule has 3 rings (SSSR count). The number of hydrogen-bond donors (Lipinski definition) is 1. The van der Waals surface area contributed by atoms with Crippen LogP contribution in [0, 0.1) is 13.8 Å². The fourth-order valence-electron chi connectivity index (χ4n) is 3.06. The highest BCUT2D eigenvalue weighted by Gasteiger charge is 2.17. The zero-order chi connectivity index (χ0) is 22.2. The van der Waals surface area contributed by atoms with Crippen molar-refractivity contribution in [2.24, 2.45) is 0 Å². The number of para-hydroxylation sites is 1. The minimum atomic E-state index is -0.651. The van der Waals surface area contributed by atoms with Crippen molar-refractivity contribution in [2.75, 3.05) is 18.5 Å². The van der Waals surface area contributed by atoms with Gasteiger partial charge in [0.15, 0.2) is 6.10 Å². The Kier molecular flexibility index (Phi) is 7.95. The van der Waals surface area contributed by atoms with Crippen LogP contribution in [0.5, 0.6) is 17.2 Å². The first-order chi connectivity index (χ1) is 14.9. The largest absolute Gasteiger partial charge is 0.490 e. The molecule has 3 aromatic carbocycles. The van der Waals surface area contributed by atoms with Gasteiger partial charge in [-0.25, -0.2) is 0 Å². The lowest BCUT2D eigenvalue weighted by atomic mass is 10.1. The number of carbonyl (C=O) groups is 1. The first-order valence-electron chi connectivity index (χ1n) is 10.1. The molecule has 6 heteroatoms. The summed E-state index contributed by atoms with van der Waals surface area (Å²) in [6, 6.07) is 20.8. The normalized spacial score (nSPS) is 11.5. The second-order valence-corrected chi connectivity index (χ2v) is 8.07. The number of aryl methyl sites for hydroxylation is 2. The highest BCUT2D eigenvalue weighted by Crippen LogP contribution is 2.28. The van der Waals surface area contributed by atoms with Crippen molar-refractivity contribution < 1.29 is 19.0 Å². The van der Waals surface area contributed by atoms with E-state index in [1.165, 1.54) is 0 Å². The van der Waals surface area contributed by atoms with Crippen LogP contribution in [-0.2, 0) is 4.79 Å². The van der Waals surface area contributed by atoms with Crippen molar-refractivity contribution in [1.82, 2.24) is 0 Å². The van der Waals surface area contributed by atoms with Gasteiger partial charge >= 0.3 is 0 Å². The van der Waals surface area contributed by atoms with Crippen LogP contribution in [0.3, 0.4) is 0 Å². The van der Waals surface area contributed by atoms with Crippen LogP contribution in [0.2, 0.25) is 0 Å². The predicted octanol–water partition coefficient (Wildman–Crippen LogP) is 5.93. The number of rotatable bonds is 9. The van der Waals surface area contributed by atoms with E-state index in [4.69, 9.17) is 14.2 Å². The molecule has 1 N–H and O–H groups in total. The van der Waals surface area contributed by atoms with Crippen LogP contribution < -0.4 is 19.5 Å². The van der Waals surface area contributed by atoms with E-state index in [0.717, 1.165) is 27.1 Å². The molecule has 31 heavy (non-hydrogen) atoms. The fraction of sp³-hybridized carbons (Fsp3) is 0.240. The monoisotopic (exact) mass is 483 g/mol. The molecule has 1 unspecified atom stereocenters. The Morgan fingerprint density at radius 3 is 2.19 bits per heavy atom. The average Bonchev–Trinajstić information content (AvgIpc) is 2.74. The van der Waals surface area contributed by atoms with Gasteiger partial charge in [0.2, 0.25) is 0 Å². The molecule has 162 valence electrons. The summed E-state index contributed by atoms with van der Waals surface area (Å²) in [6.07, 6.45) is -0.651. The molecule has 0 aliphatic carbocycles. The summed E-state index contributed by atoms with van der Waals surface area (Å²) < 4.78 is 18.3. The quantitative estimate of drug-likeness (QED) is 0.383. The second kappa shape index (κ2) is 10.9. The summed E-state index contributed by atoms with van der Waals surface area (Å²) in [4.78, 5) is 12.6. The average molecular weight is 484 g/mol. The highest BCUT2D eigenvalue weighted by atomic mass is 79.9. The Morgan fingerprint density at radius 2 is 1.52 bits per heavy atom. The van der Waals surface area contributed by atoms with E-state index in [2.05, 4.69) is 21.2 Å². The van der Waals surface area contributed by atoms with Crippen LogP contribution in [-0.4, -0.2) is 25.2 Å². The van der Waals surface area contributed by atoms with Gasteiger partial charge in [-0.2, -0.15) is 0 Å². The highest BCUT2D eigenvalue weighted by molar-refractivity contribution is 9.10. The van der Waals surface area contributed by atoms with Crippen LogP contribution in [0.15, 0.2) is 71.2 Å². The van der Waals surface area contributed by atoms with Crippen LogP contribution in [0.25, 0.3) is 0 Å². The number of nitrogens with one attached hydrogen (secondary N) is 1. The molecule has 0 fully saturated rings. The van der Waals surface area contributed by atoms with Crippen molar-refractivity contribution in [1.29, 1.82) is 0 Å². The summed E-state index contributed by atoms with van der Waals surface area (Å²) in [7, 11) is 0. The van der Waals surface area contributed by atoms with Gasteiger partial charge in [0.25, 0.3) is 5.91 Å². The van der Waals surface area contributed by atoms with Gasteiger partial charge in [0.05, 0.1) is 0 Å².